The minimum absolute atomic E-state index is 0.147. The summed E-state index contributed by atoms with van der Waals surface area (Å²) in [5.41, 5.74) is 5.15. The van der Waals surface area contributed by atoms with Crippen LogP contribution in [0.5, 0.6) is 17.2 Å². The number of hydrogen-bond acceptors (Lipinski definition) is 10. The van der Waals surface area contributed by atoms with Crippen molar-refractivity contribution in [2.45, 2.75) is 13.8 Å². The molecule has 28 heavy (non-hydrogen) atoms. The Morgan fingerprint density at radius 3 is 2.07 bits per heavy atom. The van der Waals surface area contributed by atoms with Gasteiger partial charge in [-0.2, -0.15) is 10.2 Å². The van der Waals surface area contributed by atoms with Gasteiger partial charge < -0.3 is 14.2 Å². The molecule has 0 bridgehead atoms. The van der Waals surface area contributed by atoms with Crippen molar-refractivity contribution >= 4 is 12.2 Å². The number of aromatic nitrogens is 6. The van der Waals surface area contributed by atoms with Crippen LogP contribution in [0.1, 0.15) is 17.0 Å². The lowest BCUT2D eigenvalue weighted by molar-refractivity contribution is 0.324. The van der Waals surface area contributed by atoms with Crippen LogP contribution in [0.15, 0.2) is 23.3 Å². The van der Waals surface area contributed by atoms with Crippen LogP contribution in [0.4, 0.5) is 5.95 Å². The fraction of sp³-hybridized carbons (Fsp3) is 0.294. The predicted octanol–water partition coefficient (Wildman–Crippen LogP) is 1.54. The molecule has 11 heteroatoms. The minimum Gasteiger partial charge on any atom is -0.493 e. The summed E-state index contributed by atoms with van der Waals surface area (Å²) >= 11 is 0. The first-order chi connectivity index (χ1) is 13.5. The van der Waals surface area contributed by atoms with Crippen LogP contribution in [0.2, 0.25) is 0 Å². The fourth-order valence-corrected chi connectivity index (χ4v) is 2.53. The highest BCUT2D eigenvalue weighted by atomic mass is 16.5. The van der Waals surface area contributed by atoms with Gasteiger partial charge in [-0.15, -0.1) is 20.4 Å². The third kappa shape index (κ3) is 3.98. The van der Waals surface area contributed by atoms with E-state index in [0.29, 0.717) is 17.2 Å². The zero-order valence-electron chi connectivity index (χ0n) is 16.2. The zero-order chi connectivity index (χ0) is 20.1. The van der Waals surface area contributed by atoms with Crippen molar-refractivity contribution in [3.8, 4) is 23.2 Å². The SMILES string of the molecule is COc1cc(C=NNc2nnc(-n3nc(C)cc3C)nn2)cc(OC)c1OC. The van der Waals surface area contributed by atoms with Gasteiger partial charge >= 0.3 is 0 Å². The summed E-state index contributed by atoms with van der Waals surface area (Å²) in [5, 5.41) is 24.3. The number of hydrogen-bond donors (Lipinski definition) is 1. The van der Waals surface area contributed by atoms with E-state index < -0.39 is 0 Å². The van der Waals surface area contributed by atoms with Gasteiger partial charge in [0, 0.05) is 11.3 Å². The first kappa shape index (κ1) is 19.0. The second-order valence-corrected chi connectivity index (χ2v) is 5.69. The number of nitrogens with one attached hydrogen (secondary N) is 1. The Labute approximate surface area is 161 Å². The number of aryl methyl sites for hydroxylation is 2. The van der Waals surface area contributed by atoms with E-state index in [0.717, 1.165) is 17.0 Å². The zero-order valence-corrected chi connectivity index (χ0v) is 16.2. The van der Waals surface area contributed by atoms with Gasteiger partial charge in [-0.05, 0) is 32.0 Å². The molecule has 0 saturated heterocycles. The van der Waals surface area contributed by atoms with Gasteiger partial charge in [-0.25, -0.2) is 10.1 Å². The quantitative estimate of drug-likeness (QED) is 0.477. The Morgan fingerprint density at radius 1 is 0.929 bits per heavy atom. The number of anilines is 1. The summed E-state index contributed by atoms with van der Waals surface area (Å²) in [6.45, 7) is 3.79. The second kappa shape index (κ2) is 8.29. The predicted molar refractivity (Wildman–Crippen MR) is 102 cm³/mol. The number of benzene rings is 1. The molecule has 0 fully saturated rings. The highest BCUT2D eigenvalue weighted by Gasteiger charge is 2.12. The Morgan fingerprint density at radius 2 is 1.57 bits per heavy atom. The molecule has 0 radical (unpaired) electrons. The molecule has 2 aromatic heterocycles. The van der Waals surface area contributed by atoms with Crippen LogP contribution in [0.3, 0.4) is 0 Å². The van der Waals surface area contributed by atoms with E-state index in [1.807, 2.05) is 19.9 Å². The molecule has 3 aromatic rings. The number of ether oxygens (including phenoxy) is 3. The standard InChI is InChI=1S/C17H20N8O3/c1-10-6-11(2)25(24-10)17-22-20-16(21-23-17)19-18-9-12-7-13(26-3)15(28-5)14(8-12)27-4/h6-9H,1-5H3,(H,19,20,21). The van der Waals surface area contributed by atoms with Crippen LogP contribution in [-0.2, 0) is 0 Å². The molecule has 0 aliphatic heterocycles. The molecule has 0 atom stereocenters. The highest BCUT2D eigenvalue weighted by Crippen LogP contribution is 2.37. The molecular weight excluding hydrogens is 364 g/mol. The lowest BCUT2D eigenvalue weighted by Gasteiger charge is -2.12. The molecule has 1 aromatic carbocycles. The molecule has 2 heterocycles. The lowest BCUT2D eigenvalue weighted by atomic mass is 10.2. The van der Waals surface area contributed by atoms with Gasteiger partial charge in [0.15, 0.2) is 11.5 Å². The van der Waals surface area contributed by atoms with Crippen LogP contribution < -0.4 is 19.6 Å². The Bertz CT molecular complexity index is 960. The van der Waals surface area contributed by atoms with Crippen molar-refractivity contribution in [1.82, 2.24) is 30.2 Å². The molecule has 11 nitrogen and oxygen atoms in total. The number of rotatable bonds is 7. The summed E-state index contributed by atoms with van der Waals surface area (Å²) in [7, 11) is 4.64. The molecule has 0 aliphatic rings. The molecule has 0 saturated carbocycles. The lowest BCUT2D eigenvalue weighted by Crippen LogP contribution is -2.10. The molecule has 0 unspecified atom stereocenters. The van der Waals surface area contributed by atoms with Crippen LogP contribution in [0.25, 0.3) is 5.95 Å². The van der Waals surface area contributed by atoms with Gasteiger partial charge in [0.1, 0.15) is 0 Å². The van der Waals surface area contributed by atoms with Crippen molar-refractivity contribution in [1.29, 1.82) is 0 Å². The minimum atomic E-state index is 0.147. The average molecular weight is 384 g/mol. The maximum atomic E-state index is 5.31. The fourth-order valence-electron chi connectivity index (χ4n) is 2.53. The Hall–Kier alpha value is -3.76. The van der Waals surface area contributed by atoms with E-state index in [2.05, 4.69) is 36.0 Å². The third-order valence-corrected chi connectivity index (χ3v) is 3.73. The molecule has 0 spiro atoms. The smallest absolute Gasteiger partial charge is 0.289 e. The highest BCUT2D eigenvalue weighted by molar-refractivity contribution is 5.82. The molecule has 146 valence electrons. The van der Waals surface area contributed by atoms with Gasteiger partial charge in [-0.3, -0.25) is 0 Å². The van der Waals surface area contributed by atoms with E-state index in [4.69, 9.17) is 14.2 Å². The topological polar surface area (TPSA) is 121 Å². The monoisotopic (exact) mass is 384 g/mol. The van der Waals surface area contributed by atoms with Gasteiger partial charge in [-0.1, -0.05) is 0 Å². The van der Waals surface area contributed by atoms with Crippen molar-refractivity contribution in [3.05, 3.63) is 35.2 Å². The first-order valence-electron chi connectivity index (χ1n) is 8.25. The first-order valence-corrected chi connectivity index (χ1v) is 8.25. The maximum Gasteiger partial charge on any atom is 0.289 e. The van der Waals surface area contributed by atoms with Crippen LogP contribution in [0, 0.1) is 13.8 Å². The van der Waals surface area contributed by atoms with Crippen LogP contribution >= 0.6 is 0 Å². The third-order valence-electron chi connectivity index (χ3n) is 3.73. The maximum absolute atomic E-state index is 5.31. The van der Waals surface area contributed by atoms with Crippen molar-refractivity contribution in [3.63, 3.8) is 0 Å². The van der Waals surface area contributed by atoms with Crippen LogP contribution in [-0.4, -0.2) is 57.7 Å². The summed E-state index contributed by atoms with van der Waals surface area (Å²) in [4.78, 5) is 0. The van der Waals surface area contributed by atoms with Crippen molar-refractivity contribution in [2.75, 3.05) is 26.8 Å². The van der Waals surface area contributed by atoms with Gasteiger partial charge in [0.25, 0.3) is 11.9 Å². The van der Waals surface area contributed by atoms with E-state index in [-0.39, 0.29) is 11.9 Å². The Balaban J connectivity index is 1.73. The van der Waals surface area contributed by atoms with Gasteiger partial charge in [0.05, 0.1) is 33.2 Å². The number of nitrogens with zero attached hydrogens (tertiary/aromatic N) is 7. The summed E-state index contributed by atoms with van der Waals surface area (Å²) in [6.07, 6.45) is 1.56. The summed E-state index contributed by atoms with van der Waals surface area (Å²) in [6, 6.07) is 5.43. The molecular formula is C17H20N8O3. The number of hydrazone groups is 1. The van der Waals surface area contributed by atoms with Gasteiger partial charge in [0.2, 0.25) is 5.75 Å². The van der Waals surface area contributed by atoms with E-state index in [9.17, 15) is 0 Å². The Kier molecular flexibility index (Phi) is 5.63. The van der Waals surface area contributed by atoms with E-state index in [1.165, 1.54) is 0 Å². The van der Waals surface area contributed by atoms with E-state index in [1.54, 1.807) is 44.4 Å². The molecule has 0 aliphatic carbocycles. The molecule has 3 rings (SSSR count). The van der Waals surface area contributed by atoms with Crippen molar-refractivity contribution in [2.24, 2.45) is 5.10 Å². The summed E-state index contributed by atoms with van der Waals surface area (Å²) in [5.74, 6) is 1.99. The largest absolute Gasteiger partial charge is 0.493 e. The summed E-state index contributed by atoms with van der Waals surface area (Å²) < 4.78 is 17.5. The normalized spacial score (nSPS) is 10.9. The molecule has 1 N–H and O–H groups in total. The molecule has 0 amide bonds. The van der Waals surface area contributed by atoms with E-state index >= 15 is 0 Å². The average Bonchev–Trinajstić information content (AvgIpc) is 3.05. The second-order valence-electron chi connectivity index (χ2n) is 5.69. The van der Waals surface area contributed by atoms with Crippen molar-refractivity contribution < 1.29 is 14.2 Å². The number of methoxy groups -OCH3 is 3.